The van der Waals surface area contributed by atoms with Gasteiger partial charge in [-0.1, -0.05) is 0 Å². The Labute approximate surface area is 103 Å². The minimum atomic E-state index is -0.702. The second-order valence-electron chi connectivity index (χ2n) is 3.95. The molecular formula is C12H13ClF2O2. The second kappa shape index (κ2) is 5.65. The van der Waals surface area contributed by atoms with E-state index >= 15 is 0 Å². The van der Waals surface area contributed by atoms with Crippen LogP contribution >= 0.6 is 11.6 Å². The predicted octanol–water partition coefficient (Wildman–Crippen LogP) is 3.26. The van der Waals surface area contributed by atoms with Gasteiger partial charge in [-0.15, -0.1) is 11.6 Å². The second-order valence-corrected chi connectivity index (χ2v) is 4.22. The van der Waals surface area contributed by atoms with E-state index in [1.165, 1.54) is 12.1 Å². The molecule has 2 rings (SSSR count). The Morgan fingerprint density at radius 1 is 1.24 bits per heavy atom. The van der Waals surface area contributed by atoms with Crippen LogP contribution in [-0.2, 0) is 10.6 Å². The van der Waals surface area contributed by atoms with Crippen molar-refractivity contribution >= 4 is 11.6 Å². The summed E-state index contributed by atoms with van der Waals surface area (Å²) in [7, 11) is 0. The molecular weight excluding hydrogens is 250 g/mol. The Kier molecular flexibility index (Phi) is 4.18. The molecule has 1 aromatic carbocycles. The van der Waals surface area contributed by atoms with Crippen LogP contribution in [0.2, 0.25) is 0 Å². The van der Waals surface area contributed by atoms with E-state index in [4.69, 9.17) is 21.1 Å². The lowest BCUT2D eigenvalue weighted by Crippen LogP contribution is -2.26. The molecule has 0 spiro atoms. The molecule has 1 aliphatic rings. The van der Waals surface area contributed by atoms with Crippen LogP contribution in [0.5, 0.6) is 5.75 Å². The Balaban J connectivity index is 2.14. The fourth-order valence-corrected chi connectivity index (χ4v) is 1.92. The molecule has 0 radical (unpaired) electrons. The zero-order chi connectivity index (χ0) is 12.3. The zero-order valence-electron chi connectivity index (χ0n) is 9.22. The highest BCUT2D eigenvalue weighted by atomic mass is 35.5. The zero-order valence-corrected chi connectivity index (χ0v) is 9.97. The summed E-state index contributed by atoms with van der Waals surface area (Å²) in [6, 6.07) is 2.40. The van der Waals surface area contributed by atoms with Crippen LogP contribution in [0.1, 0.15) is 18.4 Å². The van der Waals surface area contributed by atoms with Crippen molar-refractivity contribution in [3.63, 3.8) is 0 Å². The first kappa shape index (κ1) is 12.6. The van der Waals surface area contributed by atoms with E-state index in [0.717, 1.165) is 0 Å². The van der Waals surface area contributed by atoms with Gasteiger partial charge in [-0.3, -0.25) is 0 Å². The number of alkyl halides is 1. The van der Waals surface area contributed by atoms with E-state index in [1.54, 1.807) is 0 Å². The summed E-state index contributed by atoms with van der Waals surface area (Å²) in [6.45, 7) is 1.13. The maximum atomic E-state index is 13.6. The van der Waals surface area contributed by atoms with Gasteiger partial charge in [0, 0.05) is 18.7 Å². The van der Waals surface area contributed by atoms with Crippen molar-refractivity contribution in [2.45, 2.75) is 24.8 Å². The topological polar surface area (TPSA) is 18.5 Å². The fraction of sp³-hybridized carbons (Fsp3) is 0.500. The summed E-state index contributed by atoms with van der Waals surface area (Å²) in [5.41, 5.74) is 0.404. The third-order valence-electron chi connectivity index (χ3n) is 2.67. The molecule has 0 N–H and O–H groups in total. The molecule has 1 aromatic rings. The van der Waals surface area contributed by atoms with E-state index < -0.39 is 11.6 Å². The van der Waals surface area contributed by atoms with Gasteiger partial charge in [0.05, 0.1) is 13.2 Å². The van der Waals surface area contributed by atoms with Crippen molar-refractivity contribution in [1.29, 1.82) is 0 Å². The van der Waals surface area contributed by atoms with E-state index in [0.29, 0.717) is 31.6 Å². The summed E-state index contributed by atoms with van der Waals surface area (Å²) in [6.07, 6.45) is 1.11. The van der Waals surface area contributed by atoms with Gasteiger partial charge >= 0.3 is 0 Å². The summed E-state index contributed by atoms with van der Waals surface area (Å²) in [4.78, 5) is 0. The Bertz CT molecular complexity index is 369. The molecule has 17 heavy (non-hydrogen) atoms. The highest BCUT2D eigenvalue weighted by Gasteiger charge is 2.20. The monoisotopic (exact) mass is 262 g/mol. The molecule has 0 amide bonds. The number of hydrogen-bond acceptors (Lipinski definition) is 2. The van der Waals surface area contributed by atoms with E-state index in [1.807, 2.05) is 0 Å². The average Bonchev–Trinajstić information content (AvgIpc) is 2.35. The van der Waals surface area contributed by atoms with Gasteiger partial charge in [-0.05, 0) is 17.7 Å². The molecule has 0 atom stereocenters. The van der Waals surface area contributed by atoms with Crippen molar-refractivity contribution in [3.05, 3.63) is 29.3 Å². The van der Waals surface area contributed by atoms with Gasteiger partial charge in [0.2, 0.25) is 0 Å². The lowest BCUT2D eigenvalue weighted by Gasteiger charge is -2.23. The Hall–Kier alpha value is -0.870. The molecule has 1 aliphatic heterocycles. The van der Waals surface area contributed by atoms with E-state index in [2.05, 4.69) is 0 Å². The van der Waals surface area contributed by atoms with Crippen molar-refractivity contribution in [1.82, 2.24) is 0 Å². The molecule has 2 nitrogen and oxygen atoms in total. The lowest BCUT2D eigenvalue weighted by molar-refractivity contribution is 0.0223. The standard InChI is InChI=1S/C12H13ClF2O2/c13-7-8-5-10(14)12(11(15)6-8)17-9-1-3-16-4-2-9/h5-6,9H,1-4,7H2. The summed E-state index contributed by atoms with van der Waals surface area (Å²) in [5, 5.41) is 0. The minimum absolute atomic E-state index is 0.0748. The smallest absolute Gasteiger partial charge is 0.191 e. The maximum Gasteiger partial charge on any atom is 0.191 e. The molecule has 94 valence electrons. The van der Waals surface area contributed by atoms with Crippen LogP contribution in [0.15, 0.2) is 12.1 Å². The van der Waals surface area contributed by atoms with Crippen molar-refractivity contribution in [2.24, 2.45) is 0 Å². The molecule has 1 saturated heterocycles. The van der Waals surface area contributed by atoms with Crippen molar-refractivity contribution in [3.8, 4) is 5.75 Å². The van der Waals surface area contributed by atoms with Crippen LogP contribution in [0.3, 0.4) is 0 Å². The normalized spacial score (nSPS) is 17.1. The van der Waals surface area contributed by atoms with Gasteiger partial charge in [0.25, 0.3) is 0 Å². The number of ether oxygens (including phenoxy) is 2. The number of benzene rings is 1. The molecule has 5 heteroatoms. The third-order valence-corrected chi connectivity index (χ3v) is 2.97. The summed E-state index contributed by atoms with van der Waals surface area (Å²) in [5.74, 6) is -1.64. The number of hydrogen-bond donors (Lipinski definition) is 0. The Morgan fingerprint density at radius 2 is 1.82 bits per heavy atom. The molecule has 0 aromatic heterocycles. The summed E-state index contributed by atoms with van der Waals surface area (Å²) < 4.78 is 37.7. The quantitative estimate of drug-likeness (QED) is 0.779. The van der Waals surface area contributed by atoms with Gasteiger partial charge in [0.15, 0.2) is 17.4 Å². The molecule has 0 unspecified atom stereocenters. The van der Waals surface area contributed by atoms with Gasteiger partial charge in [0.1, 0.15) is 6.10 Å². The predicted molar refractivity (Wildman–Crippen MR) is 60.4 cm³/mol. The van der Waals surface area contributed by atoms with Crippen molar-refractivity contribution in [2.75, 3.05) is 13.2 Å². The van der Waals surface area contributed by atoms with Gasteiger partial charge in [-0.25, -0.2) is 8.78 Å². The first-order chi connectivity index (χ1) is 8.20. The van der Waals surface area contributed by atoms with Crippen LogP contribution in [0.25, 0.3) is 0 Å². The molecule has 1 heterocycles. The van der Waals surface area contributed by atoms with Crippen LogP contribution in [-0.4, -0.2) is 19.3 Å². The van der Waals surface area contributed by atoms with E-state index in [-0.39, 0.29) is 17.7 Å². The van der Waals surface area contributed by atoms with Gasteiger partial charge in [-0.2, -0.15) is 0 Å². The van der Waals surface area contributed by atoms with Crippen LogP contribution < -0.4 is 4.74 Å². The number of halogens is 3. The SMILES string of the molecule is Fc1cc(CCl)cc(F)c1OC1CCOCC1. The van der Waals surface area contributed by atoms with Gasteiger partial charge < -0.3 is 9.47 Å². The highest BCUT2D eigenvalue weighted by molar-refractivity contribution is 6.17. The molecule has 0 bridgehead atoms. The maximum absolute atomic E-state index is 13.6. The average molecular weight is 263 g/mol. The molecule has 0 aliphatic carbocycles. The van der Waals surface area contributed by atoms with Crippen molar-refractivity contribution < 1.29 is 18.3 Å². The lowest BCUT2D eigenvalue weighted by atomic mass is 10.1. The first-order valence-electron chi connectivity index (χ1n) is 5.49. The first-order valence-corrected chi connectivity index (χ1v) is 6.02. The highest BCUT2D eigenvalue weighted by Crippen LogP contribution is 2.27. The molecule has 0 saturated carbocycles. The minimum Gasteiger partial charge on any atom is -0.484 e. The van der Waals surface area contributed by atoms with Crippen LogP contribution in [0.4, 0.5) is 8.78 Å². The molecule has 1 fully saturated rings. The fourth-order valence-electron chi connectivity index (χ4n) is 1.76. The third kappa shape index (κ3) is 3.07. The van der Waals surface area contributed by atoms with Crippen LogP contribution in [0, 0.1) is 11.6 Å². The summed E-state index contributed by atoms with van der Waals surface area (Å²) >= 11 is 5.52. The Morgan fingerprint density at radius 3 is 2.35 bits per heavy atom. The largest absolute Gasteiger partial charge is 0.484 e. The van der Waals surface area contributed by atoms with E-state index in [9.17, 15) is 8.78 Å². The number of rotatable bonds is 3.